The van der Waals surface area contributed by atoms with Gasteiger partial charge in [-0.3, -0.25) is 4.79 Å². The molecule has 1 saturated heterocycles. The lowest BCUT2D eigenvalue weighted by molar-refractivity contribution is -0.305. The van der Waals surface area contributed by atoms with Gasteiger partial charge in [0.15, 0.2) is 6.29 Å². The van der Waals surface area contributed by atoms with Gasteiger partial charge < -0.3 is 39.4 Å². The Kier molecular flexibility index (Phi) is 33.8. The Morgan fingerprint density at radius 2 is 1.09 bits per heavy atom. The monoisotopic (exact) mass is 763 g/mol. The summed E-state index contributed by atoms with van der Waals surface area (Å²) in [4.78, 5) is 12.7. The average molecular weight is 763 g/mol. The molecule has 1 aliphatic rings. The number of carbonyl (C=O) groups excluding carboxylic acids is 1. The van der Waals surface area contributed by atoms with Gasteiger partial charge in [0, 0.05) is 6.42 Å². The van der Waals surface area contributed by atoms with E-state index < -0.39 is 43.4 Å². The van der Waals surface area contributed by atoms with Gasteiger partial charge in [-0.2, -0.15) is 0 Å². The summed E-state index contributed by atoms with van der Waals surface area (Å²) in [6.07, 6.45) is 38.4. The van der Waals surface area contributed by atoms with Crippen molar-refractivity contribution in [2.24, 2.45) is 0 Å². The second-order valence-corrected chi connectivity index (χ2v) is 14.4. The minimum absolute atomic E-state index is 0.0900. The van der Waals surface area contributed by atoms with E-state index in [0.29, 0.717) is 19.4 Å². The van der Waals surface area contributed by atoms with Gasteiger partial charge in [0.05, 0.1) is 26.4 Å². The highest BCUT2D eigenvalue weighted by Crippen LogP contribution is 2.22. The van der Waals surface area contributed by atoms with E-state index >= 15 is 0 Å². The minimum atomic E-state index is -1.55. The lowest BCUT2D eigenvalue weighted by atomic mass is 9.99. The second-order valence-electron chi connectivity index (χ2n) is 14.4. The molecule has 54 heavy (non-hydrogen) atoms. The third-order valence-electron chi connectivity index (χ3n) is 9.47. The van der Waals surface area contributed by atoms with Crippen molar-refractivity contribution >= 4 is 5.97 Å². The van der Waals surface area contributed by atoms with Crippen molar-refractivity contribution in [2.75, 3.05) is 26.4 Å². The van der Waals surface area contributed by atoms with E-state index in [9.17, 15) is 25.2 Å². The van der Waals surface area contributed by atoms with E-state index in [1.165, 1.54) is 77.0 Å². The molecular formula is C45H78O9. The fraction of sp³-hybridized carbons (Fsp3) is 0.756. The van der Waals surface area contributed by atoms with Gasteiger partial charge in [0.25, 0.3) is 0 Å². The topological polar surface area (TPSA) is 135 Å². The number of ether oxygens (including phenoxy) is 4. The van der Waals surface area contributed by atoms with E-state index in [-0.39, 0.29) is 19.2 Å². The van der Waals surface area contributed by atoms with E-state index in [0.717, 1.165) is 51.4 Å². The summed E-state index contributed by atoms with van der Waals surface area (Å²) in [5.74, 6) is -0.339. The van der Waals surface area contributed by atoms with Crippen LogP contribution in [-0.4, -0.2) is 89.6 Å². The lowest BCUT2D eigenvalue weighted by Crippen LogP contribution is -2.59. The van der Waals surface area contributed by atoms with Crippen LogP contribution in [0.25, 0.3) is 0 Å². The molecule has 4 N–H and O–H groups in total. The smallest absolute Gasteiger partial charge is 0.306 e. The standard InChI is InChI=1S/C45H78O9/c1-3-5-7-9-11-13-15-17-19-21-23-25-27-29-31-33-35-51-37-39(38-52-45-44(50)43(49)42(48)40(36-46)54-45)53-41(47)34-32-30-28-26-24-22-20-18-16-14-12-10-8-6-4-2/h5,7,11,13,17,19,23,25,29,31,39-40,42-46,48-50H,3-4,6,8-10,12,14-16,18,20-22,24,26-28,30,32-38H2,1-2H3/b7-5-,13-11-,19-17-,25-23-,31-29-. The van der Waals surface area contributed by atoms with Crippen LogP contribution >= 0.6 is 0 Å². The Bertz CT molecular complexity index is 1010. The molecule has 0 aromatic heterocycles. The van der Waals surface area contributed by atoms with Crippen molar-refractivity contribution in [3.05, 3.63) is 60.8 Å². The average Bonchev–Trinajstić information content (AvgIpc) is 3.17. The molecule has 0 amide bonds. The zero-order valence-electron chi connectivity index (χ0n) is 34.0. The summed E-state index contributed by atoms with van der Waals surface area (Å²) in [6, 6.07) is 0. The van der Waals surface area contributed by atoms with Gasteiger partial charge in [-0.25, -0.2) is 0 Å². The summed E-state index contributed by atoms with van der Waals surface area (Å²) >= 11 is 0. The van der Waals surface area contributed by atoms with Crippen molar-refractivity contribution in [1.29, 1.82) is 0 Å². The van der Waals surface area contributed by atoms with E-state index in [1.807, 2.05) is 0 Å². The summed E-state index contributed by atoms with van der Waals surface area (Å²) < 4.78 is 22.7. The molecule has 9 nitrogen and oxygen atoms in total. The van der Waals surface area contributed by atoms with Gasteiger partial charge in [-0.15, -0.1) is 0 Å². The SMILES string of the molecule is CC/C=C\C/C=C\C/C=C\C/C=C\C/C=C\CCOCC(COC1OC(CO)C(O)C(O)C1O)OC(=O)CCCCCCCCCCCCCCCCC. The fourth-order valence-corrected chi connectivity index (χ4v) is 6.14. The number of unbranched alkanes of at least 4 members (excludes halogenated alkanes) is 14. The summed E-state index contributed by atoms with van der Waals surface area (Å²) in [6.45, 7) is 4.22. The number of hydrogen-bond donors (Lipinski definition) is 4. The second kappa shape index (κ2) is 36.5. The predicted octanol–water partition coefficient (Wildman–Crippen LogP) is 9.13. The summed E-state index contributed by atoms with van der Waals surface area (Å²) in [7, 11) is 0. The maximum atomic E-state index is 12.7. The Morgan fingerprint density at radius 3 is 1.59 bits per heavy atom. The van der Waals surface area contributed by atoms with Crippen molar-refractivity contribution in [1.82, 2.24) is 0 Å². The Morgan fingerprint density at radius 1 is 0.611 bits per heavy atom. The quantitative estimate of drug-likeness (QED) is 0.0283. The molecule has 0 spiro atoms. The largest absolute Gasteiger partial charge is 0.457 e. The van der Waals surface area contributed by atoms with Crippen LogP contribution in [0, 0.1) is 0 Å². The Balaban J connectivity index is 2.35. The van der Waals surface area contributed by atoms with Crippen LogP contribution in [0.2, 0.25) is 0 Å². The number of esters is 1. The molecule has 6 unspecified atom stereocenters. The van der Waals surface area contributed by atoms with Crippen molar-refractivity contribution < 1.29 is 44.2 Å². The van der Waals surface area contributed by atoms with Gasteiger partial charge in [0.1, 0.15) is 30.5 Å². The number of hydrogen-bond acceptors (Lipinski definition) is 9. The molecule has 6 atom stereocenters. The zero-order valence-corrected chi connectivity index (χ0v) is 34.0. The highest BCUT2D eigenvalue weighted by molar-refractivity contribution is 5.69. The maximum Gasteiger partial charge on any atom is 0.306 e. The van der Waals surface area contributed by atoms with Crippen LogP contribution in [-0.2, 0) is 23.7 Å². The lowest BCUT2D eigenvalue weighted by Gasteiger charge is -2.39. The molecule has 1 rings (SSSR count). The molecule has 0 radical (unpaired) electrons. The molecule has 312 valence electrons. The molecular weight excluding hydrogens is 684 g/mol. The van der Waals surface area contributed by atoms with Crippen LogP contribution in [0.5, 0.6) is 0 Å². The van der Waals surface area contributed by atoms with E-state index in [2.05, 4.69) is 74.6 Å². The molecule has 1 fully saturated rings. The maximum absolute atomic E-state index is 12.7. The zero-order chi connectivity index (χ0) is 39.3. The third kappa shape index (κ3) is 27.5. The fourth-order valence-electron chi connectivity index (χ4n) is 6.14. The van der Waals surface area contributed by atoms with Crippen LogP contribution in [0.15, 0.2) is 60.8 Å². The van der Waals surface area contributed by atoms with Gasteiger partial charge in [-0.05, 0) is 44.9 Å². The normalized spacial score (nSPS) is 21.5. The van der Waals surface area contributed by atoms with Crippen molar-refractivity contribution in [3.63, 3.8) is 0 Å². The molecule has 9 heteroatoms. The number of rotatable bonds is 35. The van der Waals surface area contributed by atoms with Crippen LogP contribution in [0.1, 0.15) is 155 Å². The van der Waals surface area contributed by atoms with E-state index in [4.69, 9.17) is 18.9 Å². The van der Waals surface area contributed by atoms with Crippen molar-refractivity contribution in [2.45, 2.75) is 192 Å². The Labute approximate surface area is 328 Å². The summed E-state index contributed by atoms with van der Waals surface area (Å²) in [5.41, 5.74) is 0. The Hall–Kier alpha value is -2.11. The number of allylic oxidation sites excluding steroid dienone is 9. The molecule has 0 bridgehead atoms. The highest BCUT2D eigenvalue weighted by atomic mass is 16.7. The molecule has 1 aliphatic heterocycles. The number of aliphatic hydroxyl groups excluding tert-OH is 4. The molecule has 1 heterocycles. The van der Waals surface area contributed by atoms with E-state index in [1.54, 1.807) is 0 Å². The first-order chi connectivity index (χ1) is 26.4. The molecule has 0 saturated carbocycles. The van der Waals surface area contributed by atoms with Gasteiger partial charge >= 0.3 is 5.97 Å². The van der Waals surface area contributed by atoms with Crippen molar-refractivity contribution in [3.8, 4) is 0 Å². The molecule has 0 aromatic rings. The van der Waals surface area contributed by atoms with Gasteiger partial charge in [-0.1, -0.05) is 164 Å². The number of carbonyl (C=O) groups is 1. The highest BCUT2D eigenvalue weighted by Gasteiger charge is 2.44. The summed E-state index contributed by atoms with van der Waals surface area (Å²) in [5, 5.41) is 40.0. The van der Waals surface area contributed by atoms with Crippen LogP contribution in [0.4, 0.5) is 0 Å². The first-order valence-electron chi connectivity index (χ1n) is 21.4. The molecule has 0 aliphatic carbocycles. The third-order valence-corrected chi connectivity index (χ3v) is 9.47. The predicted molar refractivity (Wildman–Crippen MR) is 219 cm³/mol. The number of aliphatic hydroxyl groups is 4. The van der Waals surface area contributed by atoms with Crippen LogP contribution < -0.4 is 0 Å². The first kappa shape index (κ1) is 49.9. The first-order valence-corrected chi connectivity index (χ1v) is 21.4. The molecule has 0 aromatic carbocycles. The van der Waals surface area contributed by atoms with Crippen LogP contribution in [0.3, 0.4) is 0 Å². The van der Waals surface area contributed by atoms with Gasteiger partial charge in [0.2, 0.25) is 0 Å². The minimum Gasteiger partial charge on any atom is -0.457 e.